The second-order valence-corrected chi connectivity index (χ2v) is 5.55. The van der Waals surface area contributed by atoms with E-state index in [2.05, 4.69) is 52.4 Å². The number of thioether (sulfide) groups is 1. The van der Waals surface area contributed by atoms with E-state index in [9.17, 15) is 0 Å². The number of hydrogen-bond donors (Lipinski definition) is 1. The molecule has 15 heavy (non-hydrogen) atoms. The van der Waals surface area contributed by atoms with Gasteiger partial charge in [0.05, 0.1) is 0 Å². The summed E-state index contributed by atoms with van der Waals surface area (Å²) in [6.07, 6.45) is 5.13. The van der Waals surface area contributed by atoms with Gasteiger partial charge in [-0.2, -0.15) is 11.8 Å². The Morgan fingerprint density at radius 2 is 2.33 bits per heavy atom. The van der Waals surface area contributed by atoms with Gasteiger partial charge in [-0.1, -0.05) is 0 Å². The zero-order chi connectivity index (χ0) is 11.3. The van der Waals surface area contributed by atoms with Crippen LogP contribution in [0.2, 0.25) is 0 Å². The van der Waals surface area contributed by atoms with Crippen LogP contribution in [0.25, 0.3) is 0 Å². The van der Waals surface area contributed by atoms with Crippen LogP contribution in [0.5, 0.6) is 0 Å². The molecule has 84 valence electrons. The van der Waals surface area contributed by atoms with Gasteiger partial charge in [0.25, 0.3) is 0 Å². The van der Waals surface area contributed by atoms with E-state index in [1.165, 1.54) is 17.7 Å². The SMILES string of the molecule is CSCCC(C)Nc1ncc(Br)cc1C. The highest BCUT2D eigenvalue weighted by Gasteiger charge is 2.05. The standard InChI is InChI=1S/C11H17BrN2S/c1-8-6-10(12)7-13-11(8)14-9(2)4-5-15-3/h6-7,9H,4-5H2,1-3H3,(H,13,14). The van der Waals surface area contributed by atoms with Crippen LogP contribution < -0.4 is 5.32 Å². The molecule has 0 saturated heterocycles. The van der Waals surface area contributed by atoms with E-state index < -0.39 is 0 Å². The Kier molecular flexibility index (Phi) is 5.47. The molecule has 4 heteroatoms. The van der Waals surface area contributed by atoms with E-state index in [0.29, 0.717) is 6.04 Å². The smallest absolute Gasteiger partial charge is 0.129 e. The number of aromatic nitrogens is 1. The van der Waals surface area contributed by atoms with Crippen molar-refractivity contribution in [3.05, 3.63) is 22.3 Å². The molecule has 1 N–H and O–H groups in total. The van der Waals surface area contributed by atoms with Crippen molar-refractivity contribution in [1.82, 2.24) is 4.98 Å². The molecule has 2 nitrogen and oxygen atoms in total. The fraction of sp³-hybridized carbons (Fsp3) is 0.545. The second kappa shape index (κ2) is 6.38. The lowest BCUT2D eigenvalue weighted by Gasteiger charge is -2.15. The monoisotopic (exact) mass is 288 g/mol. The minimum atomic E-state index is 0.477. The van der Waals surface area contributed by atoms with Crippen LogP contribution in [0.15, 0.2) is 16.7 Å². The second-order valence-electron chi connectivity index (χ2n) is 3.65. The third-order valence-electron chi connectivity index (χ3n) is 2.18. The molecule has 0 aliphatic rings. The number of nitrogens with one attached hydrogen (secondary N) is 1. The van der Waals surface area contributed by atoms with Crippen molar-refractivity contribution in [3.8, 4) is 0 Å². The van der Waals surface area contributed by atoms with Crippen molar-refractivity contribution in [1.29, 1.82) is 0 Å². The zero-order valence-corrected chi connectivity index (χ0v) is 11.8. The van der Waals surface area contributed by atoms with Crippen LogP contribution in [-0.2, 0) is 0 Å². The van der Waals surface area contributed by atoms with Crippen molar-refractivity contribution in [2.45, 2.75) is 26.3 Å². The molecular weight excluding hydrogens is 272 g/mol. The minimum absolute atomic E-state index is 0.477. The van der Waals surface area contributed by atoms with Gasteiger partial charge in [-0.15, -0.1) is 0 Å². The number of halogens is 1. The quantitative estimate of drug-likeness (QED) is 0.894. The average Bonchev–Trinajstić information content (AvgIpc) is 2.19. The molecule has 0 aromatic carbocycles. The van der Waals surface area contributed by atoms with Gasteiger partial charge in [0.1, 0.15) is 5.82 Å². The molecule has 0 aliphatic carbocycles. The largest absolute Gasteiger partial charge is 0.367 e. The number of aryl methyl sites for hydroxylation is 1. The van der Waals surface area contributed by atoms with Crippen molar-refractivity contribution in [2.24, 2.45) is 0 Å². The van der Waals surface area contributed by atoms with Crippen LogP contribution in [0.1, 0.15) is 18.9 Å². The average molecular weight is 289 g/mol. The van der Waals surface area contributed by atoms with Gasteiger partial charge < -0.3 is 5.32 Å². The van der Waals surface area contributed by atoms with Crippen LogP contribution >= 0.6 is 27.7 Å². The lowest BCUT2D eigenvalue weighted by Crippen LogP contribution is -2.17. The molecular formula is C11H17BrN2S. The summed E-state index contributed by atoms with van der Waals surface area (Å²) in [5.41, 5.74) is 1.18. The fourth-order valence-electron chi connectivity index (χ4n) is 1.29. The van der Waals surface area contributed by atoms with Crippen LogP contribution in [-0.4, -0.2) is 23.0 Å². The minimum Gasteiger partial charge on any atom is -0.367 e. The first-order chi connectivity index (χ1) is 7.13. The summed E-state index contributed by atoms with van der Waals surface area (Å²) >= 11 is 5.29. The number of rotatable bonds is 5. The third-order valence-corrected chi connectivity index (χ3v) is 3.26. The van der Waals surface area contributed by atoms with Gasteiger partial charge in [-0.05, 0) is 59.8 Å². The highest BCUT2D eigenvalue weighted by Crippen LogP contribution is 2.18. The predicted molar refractivity (Wildman–Crippen MR) is 72.8 cm³/mol. The topological polar surface area (TPSA) is 24.9 Å². The van der Waals surface area contributed by atoms with Crippen molar-refractivity contribution in [3.63, 3.8) is 0 Å². The van der Waals surface area contributed by atoms with Gasteiger partial charge in [0, 0.05) is 16.7 Å². The number of hydrogen-bond acceptors (Lipinski definition) is 3. The molecule has 0 saturated carbocycles. The molecule has 1 unspecified atom stereocenters. The van der Waals surface area contributed by atoms with Gasteiger partial charge in [0.2, 0.25) is 0 Å². The zero-order valence-electron chi connectivity index (χ0n) is 9.38. The fourth-order valence-corrected chi connectivity index (χ4v) is 2.33. The number of nitrogens with zero attached hydrogens (tertiary/aromatic N) is 1. The molecule has 0 fully saturated rings. The van der Waals surface area contributed by atoms with Gasteiger partial charge >= 0.3 is 0 Å². The Labute approximate surface area is 104 Å². The van der Waals surface area contributed by atoms with Gasteiger partial charge in [-0.3, -0.25) is 0 Å². The van der Waals surface area contributed by atoms with Crippen molar-refractivity contribution >= 4 is 33.5 Å². The van der Waals surface area contributed by atoms with Crippen molar-refractivity contribution < 1.29 is 0 Å². The molecule has 1 aromatic heterocycles. The van der Waals surface area contributed by atoms with E-state index in [-0.39, 0.29) is 0 Å². The third kappa shape index (κ3) is 4.43. The van der Waals surface area contributed by atoms with Crippen LogP contribution in [0.3, 0.4) is 0 Å². The van der Waals surface area contributed by atoms with E-state index in [4.69, 9.17) is 0 Å². The Bertz CT molecular complexity index is 317. The summed E-state index contributed by atoms with van der Waals surface area (Å²) in [4.78, 5) is 4.36. The van der Waals surface area contributed by atoms with Crippen molar-refractivity contribution in [2.75, 3.05) is 17.3 Å². The number of pyridine rings is 1. The Morgan fingerprint density at radius 1 is 1.60 bits per heavy atom. The summed E-state index contributed by atoms with van der Waals surface area (Å²) in [6.45, 7) is 4.26. The summed E-state index contributed by atoms with van der Waals surface area (Å²) in [7, 11) is 0. The Morgan fingerprint density at radius 3 is 2.93 bits per heavy atom. The summed E-state index contributed by atoms with van der Waals surface area (Å²) in [6, 6.07) is 2.56. The summed E-state index contributed by atoms with van der Waals surface area (Å²) in [5, 5.41) is 3.43. The number of anilines is 1. The highest BCUT2D eigenvalue weighted by molar-refractivity contribution is 9.10. The molecule has 0 radical (unpaired) electrons. The molecule has 0 amide bonds. The predicted octanol–water partition coefficient (Wildman–Crippen LogP) is 3.71. The molecule has 1 heterocycles. The first kappa shape index (κ1) is 12.8. The highest BCUT2D eigenvalue weighted by atomic mass is 79.9. The lowest BCUT2D eigenvalue weighted by atomic mass is 10.2. The molecule has 1 atom stereocenters. The molecule has 1 aromatic rings. The van der Waals surface area contributed by atoms with Gasteiger partial charge in [0.15, 0.2) is 0 Å². The van der Waals surface area contributed by atoms with E-state index in [1.807, 2.05) is 18.0 Å². The van der Waals surface area contributed by atoms with Gasteiger partial charge in [-0.25, -0.2) is 4.98 Å². The maximum absolute atomic E-state index is 4.36. The maximum atomic E-state index is 4.36. The first-order valence-corrected chi connectivity index (χ1v) is 7.19. The Hall–Kier alpha value is -0.220. The lowest BCUT2D eigenvalue weighted by molar-refractivity contribution is 0.765. The molecule has 0 aliphatic heterocycles. The first-order valence-electron chi connectivity index (χ1n) is 5.01. The van der Waals surface area contributed by atoms with E-state index in [1.54, 1.807) is 0 Å². The van der Waals surface area contributed by atoms with E-state index in [0.717, 1.165) is 10.3 Å². The normalized spacial score (nSPS) is 12.5. The molecule has 1 rings (SSSR count). The molecule has 0 bridgehead atoms. The van der Waals surface area contributed by atoms with Crippen LogP contribution in [0, 0.1) is 6.92 Å². The molecule has 0 spiro atoms. The summed E-state index contributed by atoms with van der Waals surface area (Å²) < 4.78 is 1.03. The maximum Gasteiger partial charge on any atom is 0.129 e. The van der Waals surface area contributed by atoms with Crippen LogP contribution in [0.4, 0.5) is 5.82 Å². The van der Waals surface area contributed by atoms with E-state index >= 15 is 0 Å². The Balaban J connectivity index is 2.56. The summed E-state index contributed by atoms with van der Waals surface area (Å²) in [5.74, 6) is 2.18.